The average Bonchev–Trinajstić information content (AvgIpc) is 1.66. The molecule has 0 bridgehead atoms. The van der Waals surface area contributed by atoms with Crippen molar-refractivity contribution in [1.82, 2.24) is 89.1 Å². The molecule has 0 aromatic carbocycles. The zero-order valence-electron chi connectivity index (χ0n) is 61.2. The number of aromatic amines is 6. The van der Waals surface area contributed by atoms with Gasteiger partial charge in [0.1, 0.15) is 67.5 Å². The maximum absolute atomic E-state index is 12.6. The van der Waals surface area contributed by atoms with Gasteiger partial charge in [0.05, 0.1) is 18.0 Å². The van der Waals surface area contributed by atoms with Crippen molar-refractivity contribution >= 4 is 223 Å². The Morgan fingerprint density at radius 1 is 0.345 bits per heavy atom. The van der Waals surface area contributed by atoms with Gasteiger partial charge in [-0.1, -0.05) is 58.0 Å². The molecule has 12 aromatic heterocycles. The molecule has 35 heteroatoms. The average molecular weight is 1710 g/mol. The molecule has 2 atom stereocenters. The minimum Gasteiger partial charge on any atom is -0.342 e. The summed E-state index contributed by atoms with van der Waals surface area (Å²) < 4.78 is 2.80. The molecule has 8 aliphatic heterocycles. The normalized spacial score (nSPS) is 19.6. The summed E-state index contributed by atoms with van der Waals surface area (Å²) in [6, 6.07) is 22.3. The second-order valence-corrected chi connectivity index (χ2v) is 37.8. The summed E-state index contributed by atoms with van der Waals surface area (Å²) in [5.41, 5.74) is 4.06. The van der Waals surface area contributed by atoms with Crippen LogP contribution in [0.3, 0.4) is 0 Å². The van der Waals surface area contributed by atoms with Crippen LogP contribution in [-0.4, -0.2) is 310 Å². The van der Waals surface area contributed by atoms with Gasteiger partial charge in [-0.3, -0.25) is 38.6 Å². The highest BCUT2D eigenvalue weighted by atomic mass is 35.5. The van der Waals surface area contributed by atoms with E-state index in [1.54, 1.807) is 28.7 Å². The number of halogens is 5. The number of piperazine rings is 6. The predicted molar refractivity (Wildman–Crippen MR) is 452 cm³/mol. The molecule has 584 valence electrons. The van der Waals surface area contributed by atoms with Crippen molar-refractivity contribution in [3.8, 4) is 0 Å². The Hall–Kier alpha value is -6.53. The monoisotopic (exact) mass is 1700 g/mol. The molecule has 8 aliphatic rings. The maximum atomic E-state index is 12.6. The standard InChI is InChI=1S/C14H16ClN3OS.C14H17N3OS.C12H13Cl2N3OS.C12H14ClN3OS.C12H15N3OS.C11H12ClN3OS/c15-12-7-9-6-11(16-13(9)20-12)14(19)18-5-4-17-3-1-2-10(17)8-18;18-14(12-8-10-3-7-19-13(10)15-12)17-6-5-16-4-1-2-11(16)9-17;1-16-2-4-17(5-3-16)12(18)8-6-7-9(13)10(14)19-11(7)15-8;1-15-2-4-16(5-3-15)12(17)9-6-8-7-10(13)18-11(8)14-9;1-14-3-5-15(6-4-14)12(16)10-8-9-2-7-17-11(9)13-10;12-9-6-7-5-8(14-10(7)17-9)11(16)15-3-1-13-2-4-15/h6-7,10,16H,1-5,8H2;3,7-8,11,15H,1-2,4-6,9H2;6,15H,2-5H2,1H3;6-7,14H,2-5H2,1H3;2,7-8,13H,3-6H2,1H3;5-6,13-14H,1-4H2. The van der Waals surface area contributed by atoms with E-state index >= 15 is 0 Å². The van der Waals surface area contributed by atoms with E-state index in [1.807, 2.05) is 94.8 Å². The summed E-state index contributed by atoms with van der Waals surface area (Å²) >= 11 is 38.9. The topological polar surface area (TPSA) is 245 Å². The number of nitrogens with one attached hydrogen (secondary N) is 7. The number of H-pyrrole nitrogens is 6. The number of nitrogens with zero attached hydrogens (tertiary/aromatic N) is 11. The van der Waals surface area contributed by atoms with Gasteiger partial charge in [0, 0.05) is 188 Å². The molecule has 12 aromatic rings. The van der Waals surface area contributed by atoms with Crippen LogP contribution in [0.2, 0.25) is 22.4 Å². The molecule has 110 heavy (non-hydrogen) atoms. The fourth-order valence-electron chi connectivity index (χ4n) is 15.3. The first-order valence-corrected chi connectivity index (χ1v) is 44.0. The Labute approximate surface area is 685 Å². The first-order chi connectivity index (χ1) is 53.2. The van der Waals surface area contributed by atoms with Crippen molar-refractivity contribution in [2.24, 2.45) is 0 Å². The van der Waals surface area contributed by atoms with E-state index < -0.39 is 0 Å². The highest BCUT2D eigenvalue weighted by molar-refractivity contribution is 7.24. The second kappa shape index (κ2) is 35.1. The van der Waals surface area contributed by atoms with Gasteiger partial charge in [-0.25, -0.2) is 0 Å². The van der Waals surface area contributed by atoms with Crippen LogP contribution < -0.4 is 5.32 Å². The number of likely N-dealkylation sites (N-methyl/N-ethyl adjacent to an activating group) is 3. The summed E-state index contributed by atoms with van der Waals surface area (Å²) in [4.78, 5) is 123. The third-order valence-electron chi connectivity index (χ3n) is 21.6. The molecule has 6 amide bonds. The van der Waals surface area contributed by atoms with Crippen LogP contribution in [-0.2, 0) is 0 Å². The molecule has 7 N–H and O–H groups in total. The van der Waals surface area contributed by atoms with Gasteiger partial charge < -0.3 is 79.3 Å². The van der Waals surface area contributed by atoms with Gasteiger partial charge in [-0.05, 0) is 137 Å². The van der Waals surface area contributed by atoms with Crippen molar-refractivity contribution in [3.63, 3.8) is 0 Å². The number of fused-ring (bicyclic) bond motifs is 8. The molecule has 20 heterocycles. The van der Waals surface area contributed by atoms with E-state index in [2.05, 4.69) is 86.9 Å². The maximum Gasteiger partial charge on any atom is 0.270 e. The van der Waals surface area contributed by atoms with E-state index in [-0.39, 0.29) is 35.4 Å². The Kier molecular flexibility index (Phi) is 25.1. The third kappa shape index (κ3) is 18.2. The Morgan fingerprint density at radius 2 is 0.664 bits per heavy atom. The SMILES string of the molecule is CN1CCN(C(=O)c2cc3c(Cl)c(Cl)sc3[nH]2)CC1.CN1CCN(C(=O)c2cc3cc(Cl)sc3[nH]2)CC1.CN1CCN(C(=O)c2cc3ccsc3[nH]2)CC1.O=C(c1cc2cc(Cl)sc2[nH]1)N1CCN2CCCC2C1.O=C(c1cc2cc(Cl)sc2[nH]1)N1CCNCC1.O=C(c1cc2ccsc2[nH]1)N1CCN2CCCC2C1. The zero-order chi connectivity index (χ0) is 76.4. The van der Waals surface area contributed by atoms with E-state index in [0.717, 1.165) is 230 Å². The highest BCUT2D eigenvalue weighted by Gasteiger charge is 2.36. The third-order valence-corrected chi connectivity index (χ3v) is 28.8. The van der Waals surface area contributed by atoms with Crippen molar-refractivity contribution in [3.05, 3.63) is 134 Å². The lowest BCUT2D eigenvalue weighted by molar-refractivity contribution is 0.0561. The molecule has 20 rings (SSSR count). The van der Waals surface area contributed by atoms with Crippen LogP contribution in [0.5, 0.6) is 0 Å². The van der Waals surface area contributed by atoms with E-state index in [1.165, 1.54) is 84.1 Å². The molecular weight excluding hydrogens is 1620 g/mol. The Bertz CT molecular complexity index is 5090. The molecule has 2 unspecified atom stereocenters. The molecular formula is C75H87Cl5N18O6S6. The summed E-state index contributed by atoms with van der Waals surface area (Å²) in [6.07, 6.45) is 5.01. The van der Waals surface area contributed by atoms with Crippen LogP contribution in [0.25, 0.3) is 61.3 Å². The number of hydrogen-bond donors (Lipinski definition) is 7. The molecule has 0 radical (unpaired) electrons. The van der Waals surface area contributed by atoms with Crippen LogP contribution in [0, 0.1) is 0 Å². The lowest BCUT2D eigenvalue weighted by atomic mass is 10.1. The van der Waals surface area contributed by atoms with Gasteiger partial charge in [-0.2, -0.15) is 0 Å². The van der Waals surface area contributed by atoms with Crippen molar-refractivity contribution in [2.75, 3.05) is 178 Å². The van der Waals surface area contributed by atoms with Crippen molar-refractivity contribution in [1.29, 1.82) is 0 Å². The van der Waals surface area contributed by atoms with Crippen LogP contribution in [0.15, 0.2) is 77.5 Å². The molecule has 0 aliphatic carbocycles. The van der Waals surface area contributed by atoms with Gasteiger partial charge in [0.15, 0.2) is 0 Å². The first-order valence-electron chi connectivity index (χ1n) is 37.1. The summed E-state index contributed by atoms with van der Waals surface area (Å²) in [7, 11) is 6.23. The first kappa shape index (κ1) is 78.7. The van der Waals surface area contributed by atoms with E-state index in [4.69, 9.17) is 58.0 Å². The highest BCUT2D eigenvalue weighted by Crippen LogP contribution is 2.40. The smallest absolute Gasteiger partial charge is 0.270 e. The minimum atomic E-state index is 0.0312. The van der Waals surface area contributed by atoms with Gasteiger partial charge >= 0.3 is 0 Å². The molecule has 0 spiro atoms. The van der Waals surface area contributed by atoms with Crippen molar-refractivity contribution < 1.29 is 28.8 Å². The van der Waals surface area contributed by atoms with E-state index in [9.17, 15) is 28.8 Å². The fourth-order valence-corrected chi connectivity index (χ4v) is 21.7. The quantitative estimate of drug-likeness (QED) is 0.0822. The van der Waals surface area contributed by atoms with E-state index in [0.29, 0.717) is 44.2 Å². The predicted octanol–water partition coefficient (Wildman–Crippen LogP) is 13.7. The molecule has 8 saturated heterocycles. The van der Waals surface area contributed by atoms with Crippen molar-refractivity contribution in [2.45, 2.75) is 37.8 Å². The number of carbonyl (C=O) groups excluding carboxylic acids is 6. The van der Waals surface area contributed by atoms with Crippen LogP contribution in [0.4, 0.5) is 0 Å². The number of rotatable bonds is 6. The largest absolute Gasteiger partial charge is 0.342 e. The summed E-state index contributed by atoms with van der Waals surface area (Å²) in [5, 5.41) is 14.0. The second-order valence-electron chi connectivity index (χ2n) is 28.9. The number of amides is 6. The Balaban J connectivity index is 0.000000105. The zero-order valence-corrected chi connectivity index (χ0v) is 69.8. The molecule has 0 saturated carbocycles. The lowest BCUT2D eigenvalue weighted by Crippen LogP contribution is -2.52. The number of aromatic nitrogens is 6. The number of thiophene rings is 6. The Morgan fingerprint density at radius 3 is 1.02 bits per heavy atom. The number of carbonyl (C=O) groups is 6. The van der Waals surface area contributed by atoms with Gasteiger partial charge in [-0.15, -0.1) is 68.0 Å². The molecule has 24 nitrogen and oxygen atoms in total. The molecule has 8 fully saturated rings. The summed E-state index contributed by atoms with van der Waals surface area (Å²) in [6.45, 7) is 21.6. The minimum absolute atomic E-state index is 0.0312. The van der Waals surface area contributed by atoms with Gasteiger partial charge in [0.2, 0.25) is 0 Å². The van der Waals surface area contributed by atoms with Gasteiger partial charge in [0.25, 0.3) is 35.4 Å². The lowest BCUT2D eigenvalue weighted by Gasteiger charge is -2.37. The summed E-state index contributed by atoms with van der Waals surface area (Å²) in [5.74, 6) is 0.602. The number of hydrogen-bond acceptors (Lipinski definition) is 18. The van der Waals surface area contributed by atoms with Crippen LogP contribution >= 0.6 is 126 Å². The fraction of sp³-hybridized carbons (Fsp3) is 0.440. The van der Waals surface area contributed by atoms with Crippen LogP contribution in [0.1, 0.15) is 88.6 Å².